The van der Waals surface area contributed by atoms with Crippen molar-refractivity contribution >= 4 is 5.91 Å². The van der Waals surface area contributed by atoms with E-state index in [0.717, 1.165) is 17.5 Å². The molecular weight excluding hydrogens is 250 g/mol. The molecule has 3 nitrogen and oxygen atoms in total. The van der Waals surface area contributed by atoms with Crippen molar-refractivity contribution in [3.05, 3.63) is 70.8 Å². The topological polar surface area (TPSA) is 49.3 Å². The van der Waals surface area contributed by atoms with Gasteiger partial charge in [-0.2, -0.15) is 0 Å². The summed E-state index contributed by atoms with van der Waals surface area (Å²) in [5.41, 5.74) is 5.05. The van der Waals surface area contributed by atoms with Crippen molar-refractivity contribution < 1.29 is 10.0 Å². The van der Waals surface area contributed by atoms with Crippen LogP contribution in [0.1, 0.15) is 34.0 Å². The minimum atomic E-state index is -0.528. The predicted octanol–water partition coefficient (Wildman–Crippen LogP) is 2.77. The molecular formula is C17H15NO2. The van der Waals surface area contributed by atoms with E-state index >= 15 is 0 Å². The van der Waals surface area contributed by atoms with E-state index in [9.17, 15) is 4.79 Å². The Bertz CT molecular complexity index is 646. The van der Waals surface area contributed by atoms with Crippen molar-refractivity contribution in [3.63, 3.8) is 0 Å². The minimum Gasteiger partial charge on any atom is -0.288 e. The Morgan fingerprint density at radius 1 is 1.00 bits per heavy atom. The highest BCUT2D eigenvalue weighted by Crippen LogP contribution is 2.06. The Hall–Kier alpha value is -2.57. The summed E-state index contributed by atoms with van der Waals surface area (Å²) < 4.78 is 0. The maximum Gasteiger partial charge on any atom is 0.274 e. The summed E-state index contributed by atoms with van der Waals surface area (Å²) in [5.74, 6) is 5.59. The van der Waals surface area contributed by atoms with Crippen molar-refractivity contribution in [1.29, 1.82) is 0 Å². The van der Waals surface area contributed by atoms with Crippen molar-refractivity contribution in [1.82, 2.24) is 5.48 Å². The van der Waals surface area contributed by atoms with Gasteiger partial charge in [0.25, 0.3) is 5.91 Å². The molecule has 2 aromatic rings. The first-order valence-electron chi connectivity index (χ1n) is 6.38. The van der Waals surface area contributed by atoms with Crippen LogP contribution in [0.25, 0.3) is 0 Å². The van der Waals surface area contributed by atoms with E-state index < -0.39 is 5.91 Å². The Labute approximate surface area is 118 Å². The first-order chi connectivity index (χ1) is 9.72. The van der Waals surface area contributed by atoms with Crippen LogP contribution in [-0.2, 0) is 6.42 Å². The monoisotopic (exact) mass is 265 g/mol. The molecule has 0 atom stereocenters. The van der Waals surface area contributed by atoms with Crippen LogP contribution >= 0.6 is 0 Å². The standard InChI is InChI=1S/C17H15NO2/c1-2-13-3-5-14(6-4-13)7-8-15-9-11-16(12-10-15)17(19)18-20/h3-6,9-12,20H,2H2,1H3,(H,18,19). The first kappa shape index (κ1) is 13.9. The molecule has 0 bridgehead atoms. The van der Waals surface area contributed by atoms with Crippen LogP contribution in [0, 0.1) is 11.8 Å². The van der Waals surface area contributed by atoms with E-state index in [1.54, 1.807) is 29.7 Å². The Kier molecular flexibility index (Phi) is 4.54. The zero-order chi connectivity index (χ0) is 14.4. The number of carbonyl (C=O) groups excluding carboxylic acids is 1. The molecule has 1 amide bonds. The second-order valence-electron chi connectivity index (χ2n) is 4.32. The highest BCUT2D eigenvalue weighted by atomic mass is 16.5. The Morgan fingerprint density at radius 3 is 1.95 bits per heavy atom. The molecule has 0 saturated carbocycles. The van der Waals surface area contributed by atoms with E-state index in [2.05, 4.69) is 30.9 Å². The van der Waals surface area contributed by atoms with Gasteiger partial charge in [0, 0.05) is 16.7 Å². The largest absolute Gasteiger partial charge is 0.288 e. The predicted molar refractivity (Wildman–Crippen MR) is 77.5 cm³/mol. The Balaban J connectivity index is 2.13. The second-order valence-corrected chi connectivity index (χ2v) is 4.32. The average Bonchev–Trinajstić information content (AvgIpc) is 2.53. The van der Waals surface area contributed by atoms with E-state index in [1.165, 1.54) is 5.56 Å². The molecule has 0 fully saturated rings. The van der Waals surface area contributed by atoms with Crippen molar-refractivity contribution in [2.24, 2.45) is 0 Å². The lowest BCUT2D eigenvalue weighted by Gasteiger charge is -1.98. The number of aryl methyl sites for hydroxylation is 1. The van der Waals surface area contributed by atoms with Gasteiger partial charge in [-0.1, -0.05) is 30.9 Å². The lowest BCUT2D eigenvalue weighted by atomic mass is 10.1. The molecule has 2 rings (SSSR count). The quantitative estimate of drug-likeness (QED) is 0.498. The highest BCUT2D eigenvalue weighted by molar-refractivity contribution is 5.93. The summed E-state index contributed by atoms with van der Waals surface area (Å²) in [6, 6.07) is 14.9. The number of hydrogen-bond donors (Lipinski definition) is 2. The fourth-order valence-corrected chi connectivity index (χ4v) is 1.74. The van der Waals surface area contributed by atoms with E-state index in [0.29, 0.717) is 5.56 Å². The molecule has 0 aromatic heterocycles. The number of amides is 1. The molecule has 0 aliphatic carbocycles. The van der Waals surface area contributed by atoms with Gasteiger partial charge >= 0.3 is 0 Å². The molecule has 100 valence electrons. The summed E-state index contributed by atoms with van der Waals surface area (Å²) in [6.45, 7) is 2.12. The summed E-state index contributed by atoms with van der Waals surface area (Å²) >= 11 is 0. The first-order valence-corrected chi connectivity index (χ1v) is 6.38. The zero-order valence-corrected chi connectivity index (χ0v) is 11.2. The van der Waals surface area contributed by atoms with Crippen LogP contribution in [0.3, 0.4) is 0 Å². The number of benzene rings is 2. The molecule has 0 heterocycles. The van der Waals surface area contributed by atoms with Gasteiger partial charge in [-0.15, -0.1) is 0 Å². The van der Waals surface area contributed by atoms with E-state index in [1.807, 2.05) is 12.1 Å². The molecule has 20 heavy (non-hydrogen) atoms. The van der Waals surface area contributed by atoms with Crippen LogP contribution in [0.15, 0.2) is 48.5 Å². The fourth-order valence-electron chi connectivity index (χ4n) is 1.74. The van der Waals surface area contributed by atoms with Crippen LogP contribution in [0.4, 0.5) is 0 Å². The van der Waals surface area contributed by atoms with Crippen molar-refractivity contribution in [3.8, 4) is 11.8 Å². The maximum absolute atomic E-state index is 11.2. The van der Waals surface area contributed by atoms with Gasteiger partial charge in [0.15, 0.2) is 0 Å². The number of hydroxylamine groups is 1. The zero-order valence-electron chi connectivity index (χ0n) is 11.2. The molecule has 0 unspecified atom stereocenters. The van der Waals surface area contributed by atoms with Crippen LogP contribution in [0.2, 0.25) is 0 Å². The highest BCUT2D eigenvalue weighted by Gasteiger charge is 2.01. The number of nitrogens with one attached hydrogen (secondary N) is 1. The molecule has 0 spiro atoms. The third kappa shape index (κ3) is 3.47. The van der Waals surface area contributed by atoms with Crippen LogP contribution in [-0.4, -0.2) is 11.1 Å². The van der Waals surface area contributed by atoms with E-state index in [4.69, 9.17) is 5.21 Å². The van der Waals surface area contributed by atoms with Gasteiger partial charge in [0.2, 0.25) is 0 Å². The van der Waals surface area contributed by atoms with Gasteiger partial charge in [-0.3, -0.25) is 10.0 Å². The van der Waals surface area contributed by atoms with Crippen LogP contribution in [0.5, 0.6) is 0 Å². The molecule has 0 radical (unpaired) electrons. The molecule has 0 aliphatic rings. The Morgan fingerprint density at radius 2 is 1.50 bits per heavy atom. The number of carbonyl (C=O) groups is 1. The van der Waals surface area contributed by atoms with Gasteiger partial charge in [0.05, 0.1) is 0 Å². The van der Waals surface area contributed by atoms with Crippen molar-refractivity contribution in [2.75, 3.05) is 0 Å². The van der Waals surface area contributed by atoms with E-state index in [-0.39, 0.29) is 0 Å². The molecule has 2 aromatic carbocycles. The smallest absolute Gasteiger partial charge is 0.274 e. The molecule has 2 N–H and O–H groups in total. The molecule has 0 aliphatic heterocycles. The maximum atomic E-state index is 11.2. The summed E-state index contributed by atoms with van der Waals surface area (Å²) in [7, 11) is 0. The lowest BCUT2D eigenvalue weighted by molar-refractivity contribution is 0.0706. The second kappa shape index (κ2) is 6.55. The fraction of sp³-hybridized carbons (Fsp3) is 0.118. The summed E-state index contributed by atoms with van der Waals surface area (Å²) in [6.07, 6.45) is 1.02. The SMILES string of the molecule is CCc1ccc(C#Cc2ccc(C(=O)NO)cc2)cc1. The number of rotatable bonds is 2. The van der Waals surface area contributed by atoms with Gasteiger partial charge in [-0.05, 0) is 48.4 Å². The lowest BCUT2D eigenvalue weighted by Crippen LogP contribution is -2.18. The summed E-state index contributed by atoms with van der Waals surface area (Å²) in [5, 5.41) is 8.52. The average molecular weight is 265 g/mol. The van der Waals surface area contributed by atoms with Gasteiger partial charge in [0.1, 0.15) is 0 Å². The normalized spacial score (nSPS) is 9.50. The third-order valence-corrected chi connectivity index (χ3v) is 2.96. The number of hydrogen-bond acceptors (Lipinski definition) is 2. The summed E-state index contributed by atoms with van der Waals surface area (Å²) in [4.78, 5) is 11.2. The molecule has 3 heteroatoms. The minimum absolute atomic E-state index is 0.394. The molecule has 0 saturated heterocycles. The van der Waals surface area contributed by atoms with Gasteiger partial charge < -0.3 is 0 Å². The third-order valence-electron chi connectivity index (χ3n) is 2.96. The van der Waals surface area contributed by atoms with Crippen molar-refractivity contribution in [2.45, 2.75) is 13.3 Å². The van der Waals surface area contributed by atoms with Crippen LogP contribution < -0.4 is 5.48 Å². The van der Waals surface area contributed by atoms with Gasteiger partial charge in [-0.25, -0.2) is 5.48 Å².